The highest BCUT2D eigenvalue weighted by atomic mass is 16.5. The van der Waals surface area contributed by atoms with Crippen molar-refractivity contribution >= 4 is 17.8 Å². The molecule has 3 rings (SSSR count). The van der Waals surface area contributed by atoms with Gasteiger partial charge >= 0.3 is 0 Å². The summed E-state index contributed by atoms with van der Waals surface area (Å²) in [6.45, 7) is 4.01. The van der Waals surface area contributed by atoms with Crippen LogP contribution in [0.4, 0.5) is 17.8 Å². The predicted octanol–water partition coefficient (Wildman–Crippen LogP) is 0.917. The molecule has 2 aliphatic rings. The van der Waals surface area contributed by atoms with Crippen LogP contribution >= 0.6 is 0 Å². The lowest BCUT2D eigenvalue weighted by atomic mass is 10.1. The maximum atomic E-state index is 5.87. The van der Waals surface area contributed by atoms with Gasteiger partial charge in [0.1, 0.15) is 0 Å². The van der Waals surface area contributed by atoms with E-state index in [2.05, 4.69) is 24.8 Å². The minimum atomic E-state index is 0.291. The Balaban J connectivity index is 1.73. The molecular weight excluding hydrogens is 268 g/mol. The van der Waals surface area contributed by atoms with E-state index in [9.17, 15) is 0 Å². The average molecular weight is 292 g/mol. The first-order chi connectivity index (χ1) is 10.2. The third-order valence-corrected chi connectivity index (χ3v) is 4.27. The van der Waals surface area contributed by atoms with Crippen molar-refractivity contribution in [3.05, 3.63) is 0 Å². The number of rotatable bonds is 4. The smallest absolute Gasteiger partial charge is 0.232 e. The van der Waals surface area contributed by atoms with Gasteiger partial charge in [-0.05, 0) is 18.8 Å². The van der Waals surface area contributed by atoms with Crippen LogP contribution in [0.5, 0.6) is 0 Å². The van der Waals surface area contributed by atoms with Crippen LogP contribution in [0.25, 0.3) is 0 Å². The summed E-state index contributed by atoms with van der Waals surface area (Å²) in [6, 6.07) is 0. The summed E-state index contributed by atoms with van der Waals surface area (Å²) in [5.41, 5.74) is 5.87. The second-order valence-electron chi connectivity index (χ2n) is 5.92. The van der Waals surface area contributed by atoms with Crippen molar-refractivity contribution in [2.75, 3.05) is 55.4 Å². The minimum Gasteiger partial charge on any atom is -0.378 e. The summed E-state index contributed by atoms with van der Waals surface area (Å²) < 4.78 is 5.36. The van der Waals surface area contributed by atoms with Gasteiger partial charge in [0.25, 0.3) is 0 Å². The van der Waals surface area contributed by atoms with Crippen molar-refractivity contribution in [1.29, 1.82) is 0 Å². The fraction of sp³-hybridized carbons (Fsp3) is 0.786. The van der Waals surface area contributed by atoms with E-state index in [1.54, 1.807) is 0 Å². The SMILES string of the molecule is CN(CC1CCCC1)c1nc(N)nc(N2CCOCC2)n1. The molecular formula is C14H24N6O. The Morgan fingerprint density at radius 1 is 1.19 bits per heavy atom. The molecule has 7 nitrogen and oxygen atoms in total. The third-order valence-electron chi connectivity index (χ3n) is 4.27. The normalized spacial score (nSPS) is 20.0. The fourth-order valence-electron chi connectivity index (χ4n) is 3.11. The third kappa shape index (κ3) is 3.53. The molecule has 0 atom stereocenters. The summed E-state index contributed by atoms with van der Waals surface area (Å²) >= 11 is 0. The molecule has 1 aliphatic carbocycles. The minimum absolute atomic E-state index is 0.291. The Kier molecular flexibility index (Phi) is 4.38. The summed E-state index contributed by atoms with van der Waals surface area (Å²) in [5, 5.41) is 0. The molecule has 1 saturated carbocycles. The van der Waals surface area contributed by atoms with Crippen LogP contribution in [0.3, 0.4) is 0 Å². The largest absolute Gasteiger partial charge is 0.378 e. The van der Waals surface area contributed by atoms with Crippen LogP contribution in [0.1, 0.15) is 25.7 Å². The molecule has 0 spiro atoms. The fourth-order valence-corrected chi connectivity index (χ4v) is 3.11. The van der Waals surface area contributed by atoms with Gasteiger partial charge in [0.05, 0.1) is 13.2 Å². The van der Waals surface area contributed by atoms with Gasteiger partial charge in [0, 0.05) is 26.7 Å². The lowest BCUT2D eigenvalue weighted by molar-refractivity contribution is 0.122. The Hall–Kier alpha value is -1.63. The molecule has 116 valence electrons. The highest BCUT2D eigenvalue weighted by Crippen LogP contribution is 2.26. The highest BCUT2D eigenvalue weighted by Gasteiger charge is 2.20. The highest BCUT2D eigenvalue weighted by molar-refractivity contribution is 5.43. The quantitative estimate of drug-likeness (QED) is 0.883. The van der Waals surface area contributed by atoms with E-state index < -0.39 is 0 Å². The van der Waals surface area contributed by atoms with Gasteiger partial charge in [-0.2, -0.15) is 15.0 Å². The lowest BCUT2D eigenvalue weighted by Crippen LogP contribution is -2.38. The number of morpholine rings is 1. The van der Waals surface area contributed by atoms with Gasteiger partial charge in [-0.1, -0.05) is 12.8 Å². The average Bonchev–Trinajstić information content (AvgIpc) is 3.00. The van der Waals surface area contributed by atoms with E-state index >= 15 is 0 Å². The Morgan fingerprint density at radius 2 is 1.90 bits per heavy atom. The van der Waals surface area contributed by atoms with E-state index in [0.29, 0.717) is 31.1 Å². The molecule has 7 heteroatoms. The molecule has 2 N–H and O–H groups in total. The molecule has 1 saturated heterocycles. The zero-order valence-corrected chi connectivity index (χ0v) is 12.7. The second-order valence-corrected chi connectivity index (χ2v) is 5.92. The first-order valence-corrected chi connectivity index (χ1v) is 7.78. The first kappa shape index (κ1) is 14.3. The number of anilines is 3. The molecule has 1 aromatic heterocycles. The van der Waals surface area contributed by atoms with Crippen LogP contribution in [-0.2, 0) is 4.74 Å². The summed E-state index contributed by atoms with van der Waals surface area (Å²) in [4.78, 5) is 17.4. The van der Waals surface area contributed by atoms with E-state index in [-0.39, 0.29) is 0 Å². The summed E-state index contributed by atoms with van der Waals surface area (Å²) in [7, 11) is 2.04. The van der Waals surface area contributed by atoms with Gasteiger partial charge in [-0.25, -0.2) is 0 Å². The second kappa shape index (κ2) is 6.43. The molecule has 1 aliphatic heterocycles. The number of nitrogens with two attached hydrogens (primary N) is 1. The Bertz CT molecular complexity index is 471. The van der Waals surface area contributed by atoms with E-state index in [1.165, 1.54) is 25.7 Å². The van der Waals surface area contributed by atoms with Gasteiger partial charge in [0.15, 0.2) is 0 Å². The van der Waals surface area contributed by atoms with Gasteiger partial charge in [0.2, 0.25) is 17.8 Å². The van der Waals surface area contributed by atoms with Gasteiger partial charge < -0.3 is 20.3 Å². The molecule has 21 heavy (non-hydrogen) atoms. The molecule has 0 bridgehead atoms. The van der Waals surface area contributed by atoms with E-state index in [0.717, 1.165) is 25.6 Å². The molecule has 1 aromatic rings. The number of ether oxygens (including phenoxy) is 1. The van der Waals surface area contributed by atoms with Crippen molar-refractivity contribution in [2.24, 2.45) is 5.92 Å². The molecule has 0 radical (unpaired) electrons. The molecule has 0 unspecified atom stereocenters. The zero-order valence-electron chi connectivity index (χ0n) is 12.7. The summed E-state index contributed by atoms with van der Waals surface area (Å²) in [5.74, 6) is 2.38. The van der Waals surface area contributed by atoms with Crippen molar-refractivity contribution in [3.8, 4) is 0 Å². The molecule has 0 amide bonds. The lowest BCUT2D eigenvalue weighted by Gasteiger charge is -2.28. The van der Waals surface area contributed by atoms with E-state index in [4.69, 9.17) is 10.5 Å². The number of nitrogen functional groups attached to an aromatic ring is 1. The topological polar surface area (TPSA) is 80.4 Å². The maximum Gasteiger partial charge on any atom is 0.232 e. The molecule has 2 heterocycles. The van der Waals surface area contributed by atoms with Crippen LogP contribution in [0.2, 0.25) is 0 Å². The number of hydrogen-bond donors (Lipinski definition) is 1. The monoisotopic (exact) mass is 292 g/mol. The van der Waals surface area contributed by atoms with Crippen molar-refractivity contribution in [1.82, 2.24) is 15.0 Å². The van der Waals surface area contributed by atoms with Crippen LogP contribution in [0, 0.1) is 5.92 Å². The predicted molar refractivity (Wildman–Crippen MR) is 82.5 cm³/mol. The van der Waals surface area contributed by atoms with Gasteiger partial charge in [-0.3, -0.25) is 0 Å². The Labute approximate surface area is 125 Å². The number of aromatic nitrogens is 3. The molecule has 2 fully saturated rings. The number of hydrogen-bond acceptors (Lipinski definition) is 7. The van der Waals surface area contributed by atoms with E-state index in [1.807, 2.05) is 7.05 Å². The molecule has 0 aromatic carbocycles. The number of nitrogens with zero attached hydrogens (tertiary/aromatic N) is 5. The maximum absolute atomic E-state index is 5.87. The van der Waals surface area contributed by atoms with Crippen molar-refractivity contribution in [2.45, 2.75) is 25.7 Å². The van der Waals surface area contributed by atoms with Crippen LogP contribution in [-0.4, -0.2) is 54.8 Å². The van der Waals surface area contributed by atoms with Crippen LogP contribution in [0.15, 0.2) is 0 Å². The summed E-state index contributed by atoms with van der Waals surface area (Å²) in [6.07, 6.45) is 5.30. The zero-order chi connectivity index (χ0) is 14.7. The van der Waals surface area contributed by atoms with Crippen molar-refractivity contribution in [3.63, 3.8) is 0 Å². The Morgan fingerprint density at radius 3 is 2.62 bits per heavy atom. The standard InChI is InChI=1S/C14H24N6O/c1-19(10-11-4-2-3-5-11)13-16-12(15)17-14(18-13)20-6-8-21-9-7-20/h11H,2-10H2,1H3,(H2,15,16,17,18). The van der Waals surface area contributed by atoms with Crippen molar-refractivity contribution < 1.29 is 4.74 Å². The van der Waals surface area contributed by atoms with Crippen LogP contribution < -0.4 is 15.5 Å². The first-order valence-electron chi connectivity index (χ1n) is 7.78. The van der Waals surface area contributed by atoms with Gasteiger partial charge in [-0.15, -0.1) is 0 Å².